The Hall–Kier alpha value is -0.780. The van der Waals surface area contributed by atoms with Crippen molar-refractivity contribution in [3.05, 3.63) is 35.4 Å². The van der Waals surface area contributed by atoms with E-state index in [0.29, 0.717) is 0 Å². The van der Waals surface area contributed by atoms with Gasteiger partial charge in [0.1, 0.15) is 0 Å². The van der Waals surface area contributed by atoms with E-state index in [2.05, 4.69) is 38.1 Å². The summed E-state index contributed by atoms with van der Waals surface area (Å²) >= 11 is 0. The van der Waals surface area contributed by atoms with Crippen LogP contribution in [0.2, 0.25) is 0 Å². The van der Waals surface area contributed by atoms with E-state index in [1.807, 2.05) is 0 Å². The maximum Gasteiger partial charge on any atom is -0.0136 e. The first-order valence-electron chi connectivity index (χ1n) is 6.90. The van der Waals surface area contributed by atoms with Crippen molar-refractivity contribution < 1.29 is 0 Å². The Kier molecular flexibility index (Phi) is 4.04. The van der Waals surface area contributed by atoms with Crippen LogP contribution in [0.4, 0.5) is 0 Å². The van der Waals surface area contributed by atoms with Crippen molar-refractivity contribution in [2.24, 2.45) is 5.92 Å². The number of hydrogen-bond donors (Lipinski definition) is 0. The molecular formula is C16H24. The molecule has 16 heavy (non-hydrogen) atoms. The zero-order valence-corrected chi connectivity index (χ0v) is 10.7. The fourth-order valence-corrected chi connectivity index (χ4v) is 3.03. The summed E-state index contributed by atoms with van der Waals surface area (Å²) in [6.07, 6.45) is 8.15. The highest BCUT2D eigenvalue weighted by Gasteiger charge is 2.22. The van der Waals surface area contributed by atoms with Crippen LogP contribution in [0.5, 0.6) is 0 Å². The topological polar surface area (TPSA) is 0 Å². The Morgan fingerprint density at radius 1 is 1.06 bits per heavy atom. The molecule has 0 amide bonds. The molecule has 2 unspecified atom stereocenters. The maximum absolute atomic E-state index is 2.42. The van der Waals surface area contributed by atoms with Gasteiger partial charge >= 0.3 is 0 Å². The Bertz CT molecular complexity index is 309. The molecule has 1 aliphatic rings. The molecule has 1 saturated carbocycles. The van der Waals surface area contributed by atoms with Crippen molar-refractivity contribution in [2.45, 2.75) is 58.3 Å². The van der Waals surface area contributed by atoms with Crippen LogP contribution in [0, 0.1) is 5.92 Å². The average molecular weight is 216 g/mol. The van der Waals surface area contributed by atoms with E-state index < -0.39 is 0 Å². The van der Waals surface area contributed by atoms with E-state index in [-0.39, 0.29) is 0 Å². The van der Waals surface area contributed by atoms with Crippen LogP contribution >= 0.6 is 0 Å². The van der Waals surface area contributed by atoms with Crippen LogP contribution < -0.4 is 0 Å². The predicted octanol–water partition coefficient (Wildman–Crippen LogP) is 4.93. The van der Waals surface area contributed by atoms with Crippen LogP contribution in [0.25, 0.3) is 0 Å². The van der Waals surface area contributed by atoms with E-state index in [0.717, 1.165) is 11.8 Å². The molecule has 0 heteroatoms. The molecule has 0 bridgehead atoms. The third kappa shape index (κ3) is 2.66. The smallest absolute Gasteiger partial charge is 0.0136 e. The highest BCUT2D eigenvalue weighted by atomic mass is 14.3. The minimum Gasteiger partial charge on any atom is -0.0651 e. The largest absolute Gasteiger partial charge is 0.0651 e. The minimum atomic E-state index is 0.824. The first-order valence-corrected chi connectivity index (χ1v) is 6.90. The number of benzene rings is 1. The average Bonchev–Trinajstić information content (AvgIpc) is 2.31. The molecule has 2 atom stereocenters. The fraction of sp³-hybridized carbons (Fsp3) is 0.625. The lowest BCUT2D eigenvalue weighted by Crippen LogP contribution is -2.14. The quantitative estimate of drug-likeness (QED) is 0.672. The molecule has 0 spiro atoms. The lowest BCUT2D eigenvalue weighted by Gasteiger charge is -2.29. The van der Waals surface area contributed by atoms with Crippen molar-refractivity contribution in [3.8, 4) is 0 Å². The van der Waals surface area contributed by atoms with Crippen LogP contribution in [0.15, 0.2) is 24.3 Å². The zero-order valence-electron chi connectivity index (χ0n) is 10.7. The summed E-state index contributed by atoms with van der Waals surface area (Å²) in [7, 11) is 0. The van der Waals surface area contributed by atoms with Crippen molar-refractivity contribution >= 4 is 0 Å². The van der Waals surface area contributed by atoms with Crippen LogP contribution in [-0.2, 0) is 6.42 Å². The van der Waals surface area contributed by atoms with Crippen molar-refractivity contribution in [1.82, 2.24) is 0 Å². The normalized spacial score (nSPS) is 25.6. The predicted molar refractivity (Wildman–Crippen MR) is 70.8 cm³/mol. The lowest BCUT2D eigenvalue weighted by molar-refractivity contribution is 0.330. The van der Waals surface area contributed by atoms with Gasteiger partial charge in [0.25, 0.3) is 0 Å². The van der Waals surface area contributed by atoms with Gasteiger partial charge in [0.2, 0.25) is 0 Å². The van der Waals surface area contributed by atoms with Crippen LogP contribution in [0.1, 0.15) is 63.0 Å². The molecular weight excluding hydrogens is 192 g/mol. The molecule has 2 rings (SSSR count). The maximum atomic E-state index is 2.42. The van der Waals surface area contributed by atoms with Gasteiger partial charge < -0.3 is 0 Å². The van der Waals surface area contributed by atoms with Gasteiger partial charge in [0, 0.05) is 0 Å². The summed E-state index contributed by atoms with van der Waals surface area (Å²) < 4.78 is 0. The standard InChI is InChI=1S/C16H24/c1-3-6-14-9-11-15(12-10-14)16-8-5-4-7-13(16)2/h9-13,16H,3-8H2,1-2H3. The van der Waals surface area contributed by atoms with Crippen molar-refractivity contribution in [1.29, 1.82) is 0 Å². The summed E-state index contributed by atoms with van der Waals surface area (Å²) in [6, 6.07) is 9.41. The number of rotatable bonds is 3. The van der Waals surface area contributed by atoms with E-state index >= 15 is 0 Å². The molecule has 0 heterocycles. The van der Waals surface area contributed by atoms with E-state index in [4.69, 9.17) is 0 Å². The second kappa shape index (κ2) is 5.52. The van der Waals surface area contributed by atoms with Gasteiger partial charge in [0.15, 0.2) is 0 Å². The first-order chi connectivity index (χ1) is 7.81. The monoisotopic (exact) mass is 216 g/mol. The zero-order chi connectivity index (χ0) is 11.4. The molecule has 1 fully saturated rings. The second-order valence-corrected chi connectivity index (χ2v) is 5.36. The third-order valence-corrected chi connectivity index (χ3v) is 4.06. The molecule has 0 aliphatic heterocycles. The second-order valence-electron chi connectivity index (χ2n) is 5.36. The number of hydrogen-bond acceptors (Lipinski definition) is 0. The highest BCUT2D eigenvalue weighted by Crippen LogP contribution is 2.37. The van der Waals surface area contributed by atoms with Crippen molar-refractivity contribution in [2.75, 3.05) is 0 Å². The summed E-state index contributed by atoms with van der Waals surface area (Å²) in [4.78, 5) is 0. The van der Waals surface area contributed by atoms with Gasteiger partial charge in [-0.3, -0.25) is 0 Å². The molecule has 1 aromatic rings. The van der Waals surface area contributed by atoms with Crippen LogP contribution in [0.3, 0.4) is 0 Å². The molecule has 0 N–H and O–H groups in total. The highest BCUT2D eigenvalue weighted by molar-refractivity contribution is 5.26. The Morgan fingerprint density at radius 2 is 1.75 bits per heavy atom. The molecule has 0 nitrogen and oxygen atoms in total. The molecule has 0 radical (unpaired) electrons. The fourth-order valence-electron chi connectivity index (χ4n) is 3.03. The van der Waals surface area contributed by atoms with E-state index in [1.54, 1.807) is 5.56 Å². The van der Waals surface area contributed by atoms with Gasteiger partial charge in [-0.05, 0) is 35.8 Å². The number of aryl methyl sites for hydroxylation is 1. The lowest BCUT2D eigenvalue weighted by atomic mass is 9.76. The Balaban J connectivity index is 2.08. The molecule has 0 aromatic heterocycles. The first kappa shape index (κ1) is 11.7. The van der Waals surface area contributed by atoms with Crippen molar-refractivity contribution in [3.63, 3.8) is 0 Å². The SMILES string of the molecule is CCCc1ccc(C2CCCCC2C)cc1. The Labute approximate surface area is 100 Å². The molecule has 0 saturated heterocycles. The Morgan fingerprint density at radius 3 is 2.38 bits per heavy atom. The van der Waals surface area contributed by atoms with E-state index in [1.165, 1.54) is 44.1 Å². The van der Waals surface area contributed by atoms with Gasteiger partial charge in [-0.1, -0.05) is 63.8 Å². The van der Waals surface area contributed by atoms with Crippen LogP contribution in [-0.4, -0.2) is 0 Å². The summed E-state index contributed by atoms with van der Waals surface area (Å²) in [6.45, 7) is 4.67. The van der Waals surface area contributed by atoms with Gasteiger partial charge in [-0.2, -0.15) is 0 Å². The molecule has 1 aromatic carbocycles. The summed E-state index contributed by atoms with van der Waals surface area (Å²) in [5, 5.41) is 0. The summed E-state index contributed by atoms with van der Waals surface area (Å²) in [5.74, 6) is 1.70. The molecule has 88 valence electrons. The third-order valence-electron chi connectivity index (χ3n) is 4.06. The summed E-state index contributed by atoms with van der Waals surface area (Å²) in [5.41, 5.74) is 3.07. The van der Waals surface area contributed by atoms with Gasteiger partial charge in [0.05, 0.1) is 0 Å². The molecule has 1 aliphatic carbocycles. The van der Waals surface area contributed by atoms with Gasteiger partial charge in [-0.15, -0.1) is 0 Å². The van der Waals surface area contributed by atoms with Gasteiger partial charge in [-0.25, -0.2) is 0 Å². The minimum absolute atomic E-state index is 0.824. The van der Waals surface area contributed by atoms with E-state index in [9.17, 15) is 0 Å².